The average molecular weight is 288 g/mol. The molecule has 3 nitrogen and oxygen atoms in total. The number of thioether (sulfide) groups is 1. The van der Waals surface area contributed by atoms with Crippen LogP contribution in [0, 0.1) is 0 Å². The van der Waals surface area contributed by atoms with Gasteiger partial charge in [-0.2, -0.15) is 0 Å². The maximum Gasteiger partial charge on any atom is 0.233 e. The van der Waals surface area contributed by atoms with Crippen LogP contribution in [0.5, 0.6) is 0 Å². The minimum atomic E-state index is -0.139. The molecule has 0 heterocycles. The monoisotopic (exact) mass is 287 g/mol. The predicted molar refractivity (Wildman–Crippen MR) is 76.1 cm³/mol. The van der Waals surface area contributed by atoms with E-state index >= 15 is 0 Å². The van der Waals surface area contributed by atoms with E-state index in [1.807, 2.05) is 31.2 Å². The topological polar surface area (TPSA) is 49.3 Å². The van der Waals surface area contributed by atoms with Gasteiger partial charge in [0.1, 0.15) is 0 Å². The van der Waals surface area contributed by atoms with Gasteiger partial charge in [-0.1, -0.05) is 11.6 Å². The summed E-state index contributed by atoms with van der Waals surface area (Å²) in [4.78, 5) is 12.8. The number of carbonyl (C=O) groups is 1. The Morgan fingerprint density at radius 3 is 2.67 bits per heavy atom. The van der Waals surface area contributed by atoms with Crippen LogP contribution >= 0.6 is 23.4 Å². The molecule has 1 amide bonds. The Hall–Kier alpha value is -0.710. The molecule has 1 atom stereocenters. The van der Waals surface area contributed by atoms with Gasteiger partial charge >= 0.3 is 0 Å². The highest BCUT2D eigenvalue weighted by Gasteiger charge is 2.13. The summed E-state index contributed by atoms with van der Waals surface area (Å²) >= 11 is 7.30. The summed E-state index contributed by atoms with van der Waals surface area (Å²) in [5.41, 5.74) is 0. The summed E-state index contributed by atoms with van der Waals surface area (Å²) in [6.45, 7) is 2.66. The van der Waals surface area contributed by atoms with Crippen molar-refractivity contribution < 1.29 is 9.90 Å². The molecule has 1 rings (SSSR count). The fourth-order valence-corrected chi connectivity index (χ4v) is 2.38. The van der Waals surface area contributed by atoms with Crippen molar-refractivity contribution in [2.75, 3.05) is 13.2 Å². The maximum atomic E-state index is 11.8. The van der Waals surface area contributed by atoms with Gasteiger partial charge in [0.2, 0.25) is 5.91 Å². The van der Waals surface area contributed by atoms with Crippen molar-refractivity contribution >= 4 is 29.3 Å². The van der Waals surface area contributed by atoms with Crippen molar-refractivity contribution in [3.8, 4) is 0 Å². The van der Waals surface area contributed by atoms with Crippen LogP contribution in [0.2, 0.25) is 5.02 Å². The molecule has 100 valence electrons. The van der Waals surface area contributed by atoms with Crippen molar-refractivity contribution in [2.45, 2.75) is 29.9 Å². The highest BCUT2D eigenvalue weighted by Crippen LogP contribution is 2.24. The molecule has 0 spiro atoms. The standard InChI is InChI=1S/C13H18ClNO2S/c1-10(13(17)15-8-2-3-9-16)18-12-6-4-11(14)5-7-12/h4-7,10,16H,2-3,8-9H2,1H3,(H,15,17). The number of aliphatic hydroxyl groups is 1. The zero-order valence-electron chi connectivity index (χ0n) is 10.4. The molecule has 0 fully saturated rings. The molecule has 1 aromatic carbocycles. The number of hydrogen-bond acceptors (Lipinski definition) is 3. The van der Waals surface area contributed by atoms with Crippen LogP contribution in [0.4, 0.5) is 0 Å². The minimum Gasteiger partial charge on any atom is -0.396 e. The van der Waals surface area contributed by atoms with Gasteiger partial charge in [0.25, 0.3) is 0 Å². The molecule has 5 heteroatoms. The lowest BCUT2D eigenvalue weighted by molar-refractivity contribution is -0.120. The Balaban J connectivity index is 2.33. The van der Waals surface area contributed by atoms with Crippen molar-refractivity contribution in [1.82, 2.24) is 5.32 Å². The van der Waals surface area contributed by atoms with Gasteiger partial charge in [0, 0.05) is 23.1 Å². The van der Waals surface area contributed by atoms with E-state index in [4.69, 9.17) is 16.7 Å². The molecule has 1 aromatic rings. The molecule has 0 aliphatic rings. The first-order chi connectivity index (χ1) is 8.63. The van der Waals surface area contributed by atoms with Crippen LogP contribution in [-0.4, -0.2) is 29.4 Å². The SMILES string of the molecule is CC(Sc1ccc(Cl)cc1)C(=O)NCCCCO. The average Bonchev–Trinajstić information content (AvgIpc) is 2.37. The molecule has 0 saturated carbocycles. The van der Waals surface area contributed by atoms with Crippen LogP contribution < -0.4 is 5.32 Å². The predicted octanol–water partition coefficient (Wildman–Crippen LogP) is 2.71. The fraction of sp³-hybridized carbons (Fsp3) is 0.462. The number of amides is 1. The number of nitrogens with one attached hydrogen (secondary N) is 1. The largest absolute Gasteiger partial charge is 0.396 e. The smallest absolute Gasteiger partial charge is 0.233 e. The van der Waals surface area contributed by atoms with Gasteiger partial charge in [-0.25, -0.2) is 0 Å². The summed E-state index contributed by atoms with van der Waals surface area (Å²) in [6, 6.07) is 7.44. The van der Waals surface area contributed by atoms with E-state index in [1.165, 1.54) is 11.8 Å². The van der Waals surface area contributed by atoms with Crippen LogP contribution in [0.15, 0.2) is 29.2 Å². The number of unbranched alkanes of at least 4 members (excludes halogenated alkanes) is 1. The summed E-state index contributed by atoms with van der Waals surface area (Å²) < 4.78 is 0. The Labute approximate surface area is 117 Å². The summed E-state index contributed by atoms with van der Waals surface area (Å²) in [6.07, 6.45) is 1.53. The molecule has 0 radical (unpaired) electrons. The number of carbonyl (C=O) groups excluding carboxylic acids is 1. The van der Waals surface area contributed by atoms with E-state index in [0.717, 1.165) is 17.7 Å². The lowest BCUT2D eigenvalue weighted by atomic mass is 10.3. The number of hydrogen-bond donors (Lipinski definition) is 2. The van der Waals surface area contributed by atoms with Gasteiger partial charge in [-0.3, -0.25) is 4.79 Å². The van der Waals surface area contributed by atoms with Crippen molar-refractivity contribution in [2.24, 2.45) is 0 Å². The molecule has 0 saturated heterocycles. The Bertz CT molecular complexity index is 370. The first-order valence-electron chi connectivity index (χ1n) is 5.94. The second kappa shape index (κ2) is 8.40. The summed E-state index contributed by atoms with van der Waals surface area (Å²) in [5.74, 6) is 0.0212. The van der Waals surface area contributed by atoms with Crippen LogP contribution in [0.25, 0.3) is 0 Å². The quantitative estimate of drug-likeness (QED) is 0.599. The first kappa shape index (κ1) is 15.3. The third kappa shape index (κ3) is 5.76. The van der Waals surface area contributed by atoms with Crippen molar-refractivity contribution in [1.29, 1.82) is 0 Å². The van der Waals surface area contributed by atoms with E-state index < -0.39 is 0 Å². The molecule has 0 bridgehead atoms. The van der Waals surface area contributed by atoms with Crippen molar-refractivity contribution in [3.05, 3.63) is 29.3 Å². The van der Waals surface area contributed by atoms with E-state index in [9.17, 15) is 4.79 Å². The zero-order chi connectivity index (χ0) is 13.4. The maximum absolute atomic E-state index is 11.8. The van der Waals surface area contributed by atoms with Gasteiger partial charge in [0.05, 0.1) is 5.25 Å². The minimum absolute atomic E-state index is 0.0212. The molecule has 18 heavy (non-hydrogen) atoms. The van der Waals surface area contributed by atoms with E-state index in [1.54, 1.807) is 0 Å². The van der Waals surface area contributed by atoms with Crippen LogP contribution in [0.1, 0.15) is 19.8 Å². The molecule has 0 aliphatic carbocycles. The highest BCUT2D eigenvalue weighted by atomic mass is 35.5. The Morgan fingerprint density at radius 1 is 1.39 bits per heavy atom. The normalized spacial score (nSPS) is 12.2. The zero-order valence-corrected chi connectivity index (χ0v) is 11.9. The molecule has 1 unspecified atom stereocenters. The number of halogens is 1. The molecule has 2 N–H and O–H groups in total. The van der Waals surface area contributed by atoms with Gasteiger partial charge in [0.15, 0.2) is 0 Å². The Kier molecular flexibility index (Phi) is 7.16. The molecular weight excluding hydrogens is 270 g/mol. The highest BCUT2D eigenvalue weighted by molar-refractivity contribution is 8.00. The van der Waals surface area contributed by atoms with Crippen molar-refractivity contribution in [3.63, 3.8) is 0 Å². The van der Waals surface area contributed by atoms with Crippen LogP contribution in [0.3, 0.4) is 0 Å². The summed E-state index contributed by atoms with van der Waals surface area (Å²) in [5, 5.41) is 12.0. The number of benzene rings is 1. The summed E-state index contributed by atoms with van der Waals surface area (Å²) in [7, 11) is 0. The number of aliphatic hydroxyl groups excluding tert-OH is 1. The second-order valence-electron chi connectivity index (χ2n) is 3.94. The van der Waals surface area contributed by atoms with E-state index in [0.29, 0.717) is 11.6 Å². The number of rotatable bonds is 7. The van der Waals surface area contributed by atoms with E-state index in [2.05, 4.69) is 5.32 Å². The second-order valence-corrected chi connectivity index (χ2v) is 5.79. The molecular formula is C13H18ClNO2S. The van der Waals surface area contributed by atoms with Gasteiger partial charge in [-0.05, 0) is 44.0 Å². The van der Waals surface area contributed by atoms with Gasteiger partial charge in [-0.15, -0.1) is 11.8 Å². The third-order valence-corrected chi connectivity index (χ3v) is 3.74. The third-order valence-electron chi connectivity index (χ3n) is 2.38. The fourth-order valence-electron chi connectivity index (χ4n) is 1.36. The molecule has 0 aromatic heterocycles. The van der Waals surface area contributed by atoms with Crippen LogP contribution in [-0.2, 0) is 4.79 Å². The van der Waals surface area contributed by atoms with E-state index in [-0.39, 0.29) is 17.8 Å². The lowest BCUT2D eigenvalue weighted by Gasteiger charge is -2.11. The lowest BCUT2D eigenvalue weighted by Crippen LogP contribution is -2.31. The first-order valence-corrected chi connectivity index (χ1v) is 7.20. The van der Waals surface area contributed by atoms with Gasteiger partial charge < -0.3 is 10.4 Å². The molecule has 0 aliphatic heterocycles. The Morgan fingerprint density at radius 2 is 2.06 bits per heavy atom.